The first-order valence-electron chi connectivity index (χ1n) is 9.23. The van der Waals surface area contributed by atoms with E-state index in [0.717, 1.165) is 0 Å². The molecule has 3 aromatic rings. The molecule has 29 heavy (non-hydrogen) atoms. The van der Waals surface area contributed by atoms with Gasteiger partial charge in [0.05, 0.1) is 7.11 Å². The summed E-state index contributed by atoms with van der Waals surface area (Å²) in [6, 6.07) is 15.6. The van der Waals surface area contributed by atoms with Crippen molar-refractivity contribution in [3.63, 3.8) is 0 Å². The lowest BCUT2D eigenvalue weighted by Crippen LogP contribution is -2.01. The second-order valence-corrected chi connectivity index (χ2v) is 6.90. The zero-order chi connectivity index (χ0) is 21.0. The van der Waals surface area contributed by atoms with Gasteiger partial charge in [0.2, 0.25) is 0 Å². The first kappa shape index (κ1) is 20.1. The number of esters is 1. The predicted molar refractivity (Wildman–Crippen MR) is 111 cm³/mol. The number of allylic oxidation sites excluding steroid dienone is 1. The first-order valence-corrected chi connectivity index (χ1v) is 9.23. The molecule has 5 nitrogen and oxygen atoms in total. The molecule has 0 radical (unpaired) electrons. The SMILES string of the molecule is COC(=O)c1cc(-c2ccc(/C=C/C(=O)c3ccc(C(C)C)cc3)o2)ccc1O. The van der Waals surface area contributed by atoms with Crippen molar-refractivity contribution in [3.05, 3.63) is 83.1 Å². The maximum absolute atomic E-state index is 12.4. The molecule has 0 amide bonds. The molecular weight excluding hydrogens is 368 g/mol. The maximum atomic E-state index is 12.4. The Labute approximate surface area is 169 Å². The third kappa shape index (κ3) is 4.63. The van der Waals surface area contributed by atoms with Gasteiger partial charge >= 0.3 is 5.97 Å². The summed E-state index contributed by atoms with van der Waals surface area (Å²) in [5.74, 6) is 0.501. The molecule has 0 saturated carbocycles. The minimum absolute atomic E-state index is 0.0542. The molecule has 2 aromatic carbocycles. The number of ether oxygens (including phenoxy) is 1. The van der Waals surface area contributed by atoms with Crippen molar-refractivity contribution in [2.75, 3.05) is 7.11 Å². The Hall–Kier alpha value is -3.60. The molecule has 0 spiro atoms. The van der Waals surface area contributed by atoms with Crippen LogP contribution in [0.3, 0.4) is 0 Å². The fraction of sp³-hybridized carbons (Fsp3) is 0.167. The maximum Gasteiger partial charge on any atom is 0.341 e. The molecule has 3 rings (SSSR count). The molecule has 0 atom stereocenters. The van der Waals surface area contributed by atoms with Crippen molar-refractivity contribution >= 4 is 17.8 Å². The quantitative estimate of drug-likeness (QED) is 0.344. The minimum Gasteiger partial charge on any atom is -0.507 e. The normalized spacial score (nSPS) is 11.2. The summed E-state index contributed by atoms with van der Waals surface area (Å²) in [5, 5.41) is 9.81. The Bertz CT molecular complexity index is 1060. The lowest BCUT2D eigenvalue weighted by molar-refractivity contribution is 0.0597. The first-order chi connectivity index (χ1) is 13.9. The van der Waals surface area contributed by atoms with Crippen LogP contribution < -0.4 is 0 Å². The molecule has 148 valence electrons. The van der Waals surface area contributed by atoms with E-state index in [9.17, 15) is 14.7 Å². The average molecular weight is 390 g/mol. The predicted octanol–water partition coefficient (Wildman–Crippen LogP) is 5.46. The number of hydrogen-bond donors (Lipinski definition) is 1. The summed E-state index contributed by atoms with van der Waals surface area (Å²) < 4.78 is 10.4. The van der Waals surface area contributed by atoms with Crippen molar-refractivity contribution in [1.82, 2.24) is 0 Å². The highest BCUT2D eigenvalue weighted by molar-refractivity contribution is 6.06. The number of rotatable bonds is 6. The van der Waals surface area contributed by atoms with Gasteiger partial charge in [-0.1, -0.05) is 38.1 Å². The van der Waals surface area contributed by atoms with E-state index in [1.54, 1.807) is 24.3 Å². The van der Waals surface area contributed by atoms with Crippen LogP contribution in [0.25, 0.3) is 17.4 Å². The summed E-state index contributed by atoms with van der Waals surface area (Å²) in [4.78, 5) is 24.1. The van der Waals surface area contributed by atoms with Gasteiger partial charge in [-0.05, 0) is 54.0 Å². The number of phenolic OH excluding ortho intramolecular Hbond substituents is 1. The minimum atomic E-state index is -0.634. The van der Waals surface area contributed by atoms with Gasteiger partial charge in [-0.25, -0.2) is 4.79 Å². The van der Waals surface area contributed by atoms with E-state index in [-0.39, 0.29) is 17.1 Å². The Balaban J connectivity index is 1.76. The Morgan fingerprint density at radius 2 is 1.76 bits per heavy atom. The number of phenols is 1. The monoisotopic (exact) mass is 390 g/mol. The van der Waals surface area contributed by atoms with Crippen LogP contribution in [-0.2, 0) is 4.74 Å². The van der Waals surface area contributed by atoms with E-state index in [4.69, 9.17) is 4.42 Å². The highest BCUT2D eigenvalue weighted by Crippen LogP contribution is 2.28. The Kier molecular flexibility index (Phi) is 5.98. The molecule has 1 N–H and O–H groups in total. The number of carbonyl (C=O) groups excluding carboxylic acids is 2. The van der Waals surface area contributed by atoms with Crippen molar-refractivity contribution in [3.8, 4) is 17.1 Å². The fourth-order valence-electron chi connectivity index (χ4n) is 2.85. The van der Waals surface area contributed by atoms with Crippen LogP contribution in [0.2, 0.25) is 0 Å². The molecule has 0 saturated heterocycles. The second kappa shape index (κ2) is 8.61. The largest absolute Gasteiger partial charge is 0.507 e. The molecule has 0 aliphatic heterocycles. The van der Waals surface area contributed by atoms with Crippen LogP contribution in [0.4, 0.5) is 0 Å². The van der Waals surface area contributed by atoms with Gasteiger partial charge in [0, 0.05) is 11.1 Å². The summed E-state index contributed by atoms with van der Waals surface area (Å²) >= 11 is 0. The van der Waals surface area contributed by atoms with Crippen molar-refractivity contribution < 1.29 is 23.8 Å². The molecular formula is C24H22O5. The number of ketones is 1. The zero-order valence-electron chi connectivity index (χ0n) is 16.5. The smallest absolute Gasteiger partial charge is 0.341 e. The van der Waals surface area contributed by atoms with Crippen LogP contribution in [0.15, 0.2) is 65.1 Å². The summed E-state index contributed by atoms with van der Waals surface area (Å²) in [6.45, 7) is 4.21. The van der Waals surface area contributed by atoms with E-state index in [1.807, 2.05) is 24.3 Å². The van der Waals surface area contributed by atoms with Crippen LogP contribution in [-0.4, -0.2) is 24.0 Å². The zero-order valence-corrected chi connectivity index (χ0v) is 16.5. The second-order valence-electron chi connectivity index (χ2n) is 6.90. The van der Waals surface area contributed by atoms with Gasteiger partial charge in [-0.3, -0.25) is 4.79 Å². The van der Waals surface area contributed by atoms with Gasteiger partial charge in [0.25, 0.3) is 0 Å². The molecule has 1 heterocycles. The number of benzene rings is 2. The standard InChI is InChI=1S/C24H22O5/c1-15(2)16-4-6-17(7-5-16)21(25)12-9-19-10-13-23(29-19)18-8-11-22(26)20(14-18)24(27)28-3/h4-15,26H,1-3H3/b12-9+. The number of furan rings is 1. The topological polar surface area (TPSA) is 76.7 Å². The Morgan fingerprint density at radius 1 is 1.03 bits per heavy atom. The van der Waals surface area contributed by atoms with Crippen LogP contribution >= 0.6 is 0 Å². The summed E-state index contributed by atoms with van der Waals surface area (Å²) in [7, 11) is 1.25. The van der Waals surface area contributed by atoms with Gasteiger partial charge < -0.3 is 14.3 Å². The van der Waals surface area contributed by atoms with Crippen LogP contribution in [0, 0.1) is 0 Å². The molecule has 0 aliphatic rings. The highest BCUT2D eigenvalue weighted by atomic mass is 16.5. The Morgan fingerprint density at radius 3 is 2.41 bits per heavy atom. The van der Waals surface area contributed by atoms with Crippen molar-refractivity contribution in [1.29, 1.82) is 0 Å². The molecule has 0 unspecified atom stereocenters. The highest BCUT2D eigenvalue weighted by Gasteiger charge is 2.14. The number of aromatic hydroxyl groups is 1. The van der Waals surface area contributed by atoms with E-state index >= 15 is 0 Å². The molecule has 0 aliphatic carbocycles. The van der Waals surface area contributed by atoms with Gasteiger partial charge in [0.15, 0.2) is 5.78 Å². The number of carbonyl (C=O) groups is 2. The van der Waals surface area contributed by atoms with Gasteiger partial charge in [0.1, 0.15) is 22.8 Å². The van der Waals surface area contributed by atoms with Crippen LogP contribution in [0.1, 0.15) is 51.8 Å². The lowest BCUT2D eigenvalue weighted by atomic mass is 10.0. The molecule has 1 aromatic heterocycles. The fourth-order valence-corrected chi connectivity index (χ4v) is 2.85. The van der Waals surface area contributed by atoms with Crippen molar-refractivity contribution in [2.45, 2.75) is 19.8 Å². The average Bonchev–Trinajstić information content (AvgIpc) is 3.21. The summed E-state index contributed by atoms with van der Waals surface area (Å²) in [6.07, 6.45) is 3.06. The van der Waals surface area contributed by atoms with E-state index < -0.39 is 5.97 Å². The van der Waals surface area contributed by atoms with Gasteiger partial charge in [-0.15, -0.1) is 0 Å². The summed E-state index contributed by atoms with van der Waals surface area (Å²) in [5.41, 5.74) is 2.46. The van der Waals surface area contributed by atoms with Gasteiger partial charge in [-0.2, -0.15) is 0 Å². The third-order valence-corrected chi connectivity index (χ3v) is 4.57. The lowest BCUT2D eigenvalue weighted by Gasteiger charge is -2.05. The van der Waals surface area contributed by atoms with E-state index in [0.29, 0.717) is 28.6 Å². The van der Waals surface area contributed by atoms with E-state index in [2.05, 4.69) is 18.6 Å². The third-order valence-electron chi connectivity index (χ3n) is 4.57. The number of hydrogen-bond acceptors (Lipinski definition) is 5. The van der Waals surface area contributed by atoms with Crippen LogP contribution in [0.5, 0.6) is 5.75 Å². The molecule has 0 fully saturated rings. The molecule has 5 heteroatoms. The van der Waals surface area contributed by atoms with Crippen molar-refractivity contribution in [2.24, 2.45) is 0 Å². The molecule has 0 bridgehead atoms. The van der Waals surface area contributed by atoms with E-state index in [1.165, 1.54) is 30.9 Å². The number of methoxy groups -OCH3 is 1.